The Hall–Kier alpha value is -1.26. The Bertz CT molecular complexity index is 231. The summed E-state index contributed by atoms with van der Waals surface area (Å²) in [4.78, 5) is 5.65. The van der Waals surface area contributed by atoms with Crippen LogP contribution in [0, 0.1) is 11.3 Å². The largest absolute Gasteiger partial charge is 0.370 e. The molecule has 5 N–H and O–H groups in total. The zero-order chi connectivity index (χ0) is 10.0. The minimum Gasteiger partial charge on any atom is -0.370 e. The second kappa shape index (κ2) is 3.64. The maximum absolute atomic E-state index is 7.62. The van der Waals surface area contributed by atoms with Crippen molar-refractivity contribution >= 4 is 11.9 Å². The van der Waals surface area contributed by atoms with E-state index in [1.165, 1.54) is 0 Å². The van der Waals surface area contributed by atoms with E-state index in [1.54, 1.807) is 0 Å². The van der Waals surface area contributed by atoms with Crippen LogP contribution in [0.15, 0.2) is 4.99 Å². The van der Waals surface area contributed by atoms with E-state index in [0.29, 0.717) is 12.0 Å². The van der Waals surface area contributed by atoms with Gasteiger partial charge >= 0.3 is 0 Å². The van der Waals surface area contributed by atoms with E-state index in [4.69, 9.17) is 16.9 Å². The molecule has 0 aliphatic carbocycles. The van der Waals surface area contributed by atoms with E-state index in [0.717, 1.165) is 13.0 Å². The second-order valence-electron chi connectivity index (χ2n) is 3.56. The van der Waals surface area contributed by atoms with Crippen molar-refractivity contribution in [3.63, 3.8) is 0 Å². The third-order valence-electron chi connectivity index (χ3n) is 2.65. The average molecular weight is 183 g/mol. The molecule has 0 saturated carbocycles. The highest BCUT2D eigenvalue weighted by Gasteiger charge is 2.28. The van der Waals surface area contributed by atoms with Crippen LogP contribution in [0.2, 0.25) is 0 Å². The zero-order valence-electron chi connectivity index (χ0n) is 8.12. The molecule has 2 atom stereocenters. The lowest BCUT2D eigenvalue weighted by Gasteiger charge is -2.23. The van der Waals surface area contributed by atoms with Crippen molar-refractivity contribution in [3.05, 3.63) is 0 Å². The van der Waals surface area contributed by atoms with Crippen LogP contribution in [0.4, 0.5) is 0 Å². The molecule has 5 nitrogen and oxygen atoms in total. The van der Waals surface area contributed by atoms with Gasteiger partial charge < -0.3 is 16.4 Å². The van der Waals surface area contributed by atoms with Gasteiger partial charge in [-0.2, -0.15) is 4.99 Å². The van der Waals surface area contributed by atoms with Gasteiger partial charge in [0, 0.05) is 12.6 Å². The topological polar surface area (TPSA) is 91.5 Å². The second-order valence-corrected chi connectivity index (χ2v) is 3.56. The van der Waals surface area contributed by atoms with E-state index in [2.05, 4.69) is 18.8 Å². The Labute approximate surface area is 78.3 Å². The molecule has 2 unspecified atom stereocenters. The van der Waals surface area contributed by atoms with E-state index in [-0.39, 0.29) is 11.9 Å². The van der Waals surface area contributed by atoms with Crippen molar-refractivity contribution < 1.29 is 0 Å². The number of nitrogens with two attached hydrogens (primary N) is 2. The molecule has 1 aliphatic heterocycles. The number of hydrogen-bond donors (Lipinski definition) is 3. The molecule has 5 heteroatoms. The summed E-state index contributed by atoms with van der Waals surface area (Å²) in [6.07, 6.45) is 1.10. The molecule has 13 heavy (non-hydrogen) atoms. The molecule has 1 heterocycles. The Morgan fingerprint density at radius 1 is 1.46 bits per heavy atom. The number of likely N-dealkylation sites (tertiary alicyclic amines) is 1. The lowest BCUT2D eigenvalue weighted by atomic mass is 10.1. The molecule has 0 spiro atoms. The standard InChI is InChI=1S/C8H17N5/c1-5-3-4-13(6(5)2)8(11)12-7(9)10/h5-6H,3-4H2,1-2H3,(H5,9,10,11,12). The van der Waals surface area contributed by atoms with Crippen LogP contribution < -0.4 is 11.5 Å². The first-order valence-electron chi connectivity index (χ1n) is 4.47. The van der Waals surface area contributed by atoms with Crippen molar-refractivity contribution in [2.45, 2.75) is 26.3 Å². The fourth-order valence-corrected chi connectivity index (χ4v) is 1.58. The Morgan fingerprint density at radius 2 is 2.08 bits per heavy atom. The predicted octanol–water partition coefficient (Wildman–Crippen LogP) is -0.0751. The fourth-order valence-electron chi connectivity index (χ4n) is 1.58. The predicted molar refractivity (Wildman–Crippen MR) is 53.5 cm³/mol. The quantitative estimate of drug-likeness (QED) is 0.362. The van der Waals surface area contributed by atoms with Gasteiger partial charge in [0.25, 0.3) is 0 Å². The van der Waals surface area contributed by atoms with Crippen LogP contribution in [0.25, 0.3) is 0 Å². The molecule has 0 radical (unpaired) electrons. The molecular formula is C8H17N5. The van der Waals surface area contributed by atoms with Crippen LogP contribution in [0.1, 0.15) is 20.3 Å². The Morgan fingerprint density at radius 3 is 2.46 bits per heavy atom. The summed E-state index contributed by atoms with van der Waals surface area (Å²) in [6, 6.07) is 0.357. The Balaban J connectivity index is 2.64. The van der Waals surface area contributed by atoms with Crippen LogP contribution in [0.3, 0.4) is 0 Å². The number of guanidine groups is 2. The molecule has 1 saturated heterocycles. The van der Waals surface area contributed by atoms with E-state index in [9.17, 15) is 0 Å². The van der Waals surface area contributed by atoms with Crippen molar-refractivity contribution in [1.82, 2.24) is 4.90 Å². The number of nitrogens with one attached hydrogen (secondary N) is 1. The zero-order valence-corrected chi connectivity index (χ0v) is 8.12. The number of aliphatic imine (C=N–C) groups is 1. The fraction of sp³-hybridized carbons (Fsp3) is 0.750. The molecule has 0 aromatic rings. The summed E-state index contributed by atoms with van der Waals surface area (Å²) >= 11 is 0. The number of rotatable bonds is 0. The van der Waals surface area contributed by atoms with Crippen LogP contribution in [-0.2, 0) is 0 Å². The monoisotopic (exact) mass is 183 g/mol. The van der Waals surface area contributed by atoms with Crippen molar-refractivity contribution in [2.24, 2.45) is 22.4 Å². The first-order chi connectivity index (χ1) is 6.02. The minimum atomic E-state index is -0.0447. The van der Waals surface area contributed by atoms with Crippen molar-refractivity contribution in [2.75, 3.05) is 6.54 Å². The van der Waals surface area contributed by atoms with Crippen LogP contribution >= 0.6 is 0 Å². The molecule has 1 fully saturated rings. The highest BCUT2D eigenvalue weighted by Crippen LogP contribution is 2.23. The van der Waals surface area contributed by atoms with E-state index >= 15 is 0 Å². The number of nitrogens with zero attached hydrogens (tertiary/aromatic N) is 2. The van der Waals surface area contributed by atoms with Crippen molar-refractivity contribution in [1.29, 1.82) is 5.41 Å². The van der Waals surface area contributed by atoms with E-state index < -0.39 is 0 Å². The average Bonchev–Trinajstić information content (AvgIpc) is 2.31. The molecule has 0 aromatic carbocycles. The third kappa shape index (κ3) is 2.11. The summed E-state index contributed by atoms with van der Waals surface area (Å²) in [6.45, 7) is 5.14. The van der Waals surface area contributed by atoms with Gasteiger partial charge in [0.2, 0.25) is 5.96 Å². The summed E-state index contributed by atoms with van der Waals surface area (Å²) in [5, 5.41) is 7.62. The summed E-state index contributed by atoms with van der Waals surface area (Å²) in [5.41, 5.74) is 10.4. The maximum atomic E-state index is 7.62. The molecular weight excluding hydrogens is 166 g/mol. The van der Waals surface area contributed by atoms with Gasteiger partial charge in [-0.15, -0.1) is 0 Å². The molecule has 0 aromatic heterocycles. The van der Waals surface area contributed by atoms with Gasteiger partial charge in [0.15, 0.2) is 5.96 Å². The van der Waals surface area contributed by atoms with Gasteiger partial charge in [0.05, 0.1) is 0 Å². The van der Waals surface area contributed by atoms with Crippen molar-refractivity contribution in [3.8, 4) is 0 Å². The minimum absolute atomic E-state index is 0.0447. The van der Waals surface area contributed by atoms with Crippen LogP contribution in [0.5, 0.6) is 0 Å². The van der Waals surface area contributed by atoms with Gasteiger partial charge in [-0.3, -0.25) is 5.41 Å². The third-order valence-corrected chi connectivity index (χ3v) is 2.65. The lowest BCUT2D eigenvalue weighted by Crippen LogP contribution is -2.36. The Kier molecular flexibility index (Phi) is 2.75. The maximum Gasteiger partial charge on any atom is 0.221 e. The summed E-state index contributed by atoms with van der Waals surface area (Å²) in [5.74, 6) is 0.739. The first-order valence-corrected chi connectivity index (χ1v) is 4.47. The first kappa shape index (κ1) is 9.83. The van der Waals surface area contributed by atoms with E-state index in [1.807, 2.05) is 4.90 Å². The molecule has 1 aliphatic rings. The molecule has 1 rings (SSSR count). The smallest absolute Gasteiger partial charge is 0.221 e. The van der Waals surface area contributed by atoms with Crippen LogP contribution in [-0.4, -0.2) is 29.4 Å². The summed E-state index contributed by atoms with van der Waals surface area (Å²) in [7, 11) is 0. The normalized spacial score (nSPS) is 27.4. The highest BCUT2D eigenvalue weighted by atomic mass is 15.3. The number of hydrogen-bond acceptors (Lipinski definition) is 1. The van der Waals surface area contributed by atoms with Gasteiger partial charge in [0.1, 0.15) is 0 Å². The van der Waals surface area contributed by atoms with Gasteiger partial charge in [-0.1, -0.05) is 6.92 Å². The highest BCUT2D eigenvalue weighted by molar-refractivity contribution is 5.91. The van der Waals surface area contributed by atoms with Gasteiger partial charge in [-0.25, -0.2) is 0 Å². The van der Waals surface area contributed by atoms with Gasteiger partial charge in [-0.05, 0) is 19.3 Å². The SMILES string of the molecule is CC1CCN(C(=N)N=C(N)N)C1C. The molecule has 74 valence electrons. The molecule has 0 amide bonds. The lowest BCUT2D eigenvalue weighted by molar-refractivity contribution is 0.365. The summed E-state index contributed by atoms with van der Waals surface area (Å²) < 4.78 is 0. The molecule has 0 bridgehead atoms.